The molecule has 0 aromatic heterocycles. The fourth-order valence-corrected chi connectivity index (χ4v) is 4.85. The number of carboxylic acids is 4. The first kappa shape index (κ1) is 46.2. The SMILES string of the molecule is O=C(O)c1cc(Cl)cc(Cl)c1[O-].O=C(O)c1cc(Cl)cc(Cl)c1[O-].O=C(O)c1cc(Cl)cc(Cl)c1[O-].O=C(O)c1cc(Cl)cc(Cl)c1[O-].[Hf+4]. The van der Waals surface area contributed by atoms with Gasteiger partial charge in [0.05, 0.1) is 22.3 Å². The average Bonchev–Trinajstić information content (AvgIpc) is 2.97. The van der Waals surface area contributed by atoms with Gasteiger partial charge in [-0.2, -0.15) is 0 Å². The topological polar surface area (TPSA) is 241 Å². The molecule has 0 fully saturated rings. The van der Waals surface area contributed by atoms with Crippen molar-refractivity contribution in [3.05, 3.63) is 111 Å². The van der Waals surface area contributed by atoms with Crippen LogP contribution in [0.2, 0.25) is 40.2 Å². The monoisotopic (exact) mass is 1000 g/mol. The third-order valence-corrected chi connectivity index (χ3v) is 6.95. The zero-order chi connectivity index (χ0) is 37.2. The van der Waals surface area contributed by atoms with Crippen molar-refractivity contribution in [3.63, 3.8) is 0 Å². The Morgan fingerprint density at radius 1 is 0.367 bits per heavy atom. The van der Waals surface area contributed by atoms with Gasteiger partial charge in [-0.3, -0.25) is 0 Å². The molecule has 0 aliphatic carbocycles. The fraction of sp³-hybridized carbons (Fsp3) is 0. The van der Waals surface area contributed by atoms with Crippen molar-refractivity contribution in [2.75, 3.05) is 0 Å². The van der Waals surface area contributed by atoms with Crippen molar-refractivity contribution in [2.24, 2.45) is 0 Å². The number of carboxylic acid groups (broad SMARTS) is 4. The van der Waals surface area contributed by atoms with E-state index in [-0.39, 0.29) is 66.0 Å². The van der Waals surface area contributed by atoms with Gasteiger partial charge in [0.1, 0.15) is 0 Å². The Hall–Kier alpha value is -2.85. The Kier molecular flexibility index (Phi) is 19.5. The Balaban J connectivity index is 0.000000623. The maximum atomic E-state index is 11.0. The predicted octanol–water partition coefficient (Wildman–Crippen LogP) is 7.06. The summed E-state index contributed by atoms with van der Waals surface area (Å²) >= 11 is 43.5. The summed E-state index contributed by atoms with van der Waals surface area (Å²) < 4.78 is 0. The molecule has 12 nitrogen and oxygen atoms in total. The minimum absolute atomic E-state index is 0. The molecule has 0 saturated carbocycles. The van der Waals surface area contributed by atoms with Crippen LogP contribution in [0.1, 0.15) is 41.4 Å². The summed E-state index contributed by atoms with van der Waals surface area (Å²) in [4.78, 5) is 41.6. The largest absolute Gasteiger partial charge is 4.00 e. The van der Waals surface area contributed by atoms with Crippen molar-refractivity contribution in [3.8, 4) is 23.0 Å². The van der Waals surface area contributed by atoms with Crippen molar-refractivity contribution >= 4 is 117 Å². The van der Waals surface area contributed by atoms with Gasteiger partial charge in [-0.15, -0.1) is 0 Å². The number of benzene rings is 4. The smallest absolute Gasteiger partial charge is 0.871 e. The minimum atomic E-state index is -1.33. The first-order valence-corrected chi connectivity index (χ1v) is 14.7. The summed E-state index contributed by atoms with van der Waals surface area (Å²) in [5.74, 6) is -8.17. The second-order valence-electron chi connectivity index (χ2n) is 8.28. The van der Waals surface area contributed by atoms with Crippen molar-refractivity contribution in [1.29, 1.82) is 0 Å². The Morgan fingerprint density at radius 3 is 0.633 bits per heavy atom. The fourth-order valence-electron chi connectivity index (χ4n) is 2.88. The van der Waals surface area contributed by atoms with Crippen LogP contribution in [0.5, 0.6) is 23.0 Å². The molecule has 21 heteroatoms. The second kappa shape index (κ2) is 20.7. The van der Waals surface area contributed by atoms with Gasteiger partial charge in [0, 0.05) is 40.2 Å². The zero-order valence-corrected chi connectivity index (χ0v) is 32.8. The summed E-state index contributed by atoms with van der Waals surface area (Å²) in [5, 5.41) is 77.8. The molecule has 0 unspecified atom stereocenters. The van der Waals surface area contributed by atoms with Crippen molar-refractivity contribution < 1.29 is 85.9 Å². The van der Waals surface area contributed by atoms with Gasteiger partial charge in [-0.25, -0.2) is 19.2 Å². The van der Waals surface area contributed by atoms with Gasteiger partial charge in [0.15, 0.2) is 0 Å². The van der Waals surface area contributed by atoms with Gasteiger partial charge in [-0.1, -0.05) is 116 Å². The molecule has 0 spiro atoms. The van der Waals surface area contributed by atoms with Crippen LogP contribution < -0.4 is 20.4 Å². The molecular formula is C28H12Cl8HfO12. The number of aromatic carboxylic acids is 4. The molecule has 0 radical (unpaired) electrons. The van der Waals surface area contributed by atoms with Crippen LogP contribution in [0.4, 0.5) is 0 Å². The van der Waals surface area contributed by atoms with Crippen LogP contribution in [0, 0.1) is 0 Å². The van der Waals surface area contributed by atoms with E-state index in [4.69, 9.17) is 113 Å². The van der Waals surface area contributed by atoms with E-state index in [9.17, 15) is 39.6 Å². The zero-order valence-electron chi connectivity index (χ0n) is 23.2. The molecule has 4 aromatic carbocycles. The number of rotatable bonds is 4. The van der Waals surface area contributed by atoms with Gasteiger partial charge >= 0.3 is 49.7 Å². The number of halogens is 8. The first-order valence-electron chi connectivity index (χ1n) is 11.7. The summed E-state index contributed by atoms with van der Waals surface area (Å²) in [5.41, 5.74) is -1.64. The van der Waals surface area contributed by atoms with E-state index in [0.29, 0.717) is 0 Å². The van der Waals surface area contributed by atoms with Crippen molar-refractivity contribution in [1.82, 2.24) is 0 Å². The third kappa shape index (κ3) is 14.1. The standard InChI is InChI=1S/4C7H4Cl2O3.Hf/c4*8-3-1-4(7(11)12)6(10)5(9)2-3;/h4*1-2,10H,(H,11,12);/q;;;;+4/p-4. The molecular weight excluding hydrogens is 990 g/mol. The van der Waals surface area contributed by atoms with E-state index < -0.39 is 69.1 Å². The van der Waals surface area contributed by atoms with Crippen LogP contribution in [-0.4, -0.2) is 44.3 Å². The maximum Gasteiger partial charge on any atom is 4.00 e. The number of carbonyl (C=O) groups is 4. The third-order valence-electron chi connectivity index (χ3n) is 4.96. The average molecular weight is 1000 g/mol. The first-order chi connectivity index (χ1) is 22.1. The van der Waals surface area contributed by atoms with Gasteiger partial charge in [-0.05, 0) is 48.5 Å². The number of hydrogen-bond donors (Lipinski definition) is 4. The summed E-state index contributed by atoms with van der Waals surface area (Å²) in [7, 11) is 0. The number of hydrogen-bond acceptors (Lipinski definition) is 8. The molecule has 0 atom stereocenters. The van der Waals surface area contributed by atoms with Crippen LogP contribution in [-0.2, 0) is 25.8 Å². The van der Waals surface area contributed by atoms with E-state index in [0.717, 1.165) is 24.3 Å². The molecule has 0 bridgehead atoms. The molecule has 0 aliphatic heterocycles. The van der Waals surface area contributed by atoms with Crippen molar-refractivity contribution in [2.45, 2.75) is 0 Å². The summed E-state index contributed by atoms with van der Waals surface area (Å²) in [6.45, 7) is 0. The molecule has 4 N–H and O–H groups in total. The van der Waals surface area contributed by atoms with Gasteiger partial charge in [0.25, 0.3) is 0 Å². The molecule has 0 heterocycles. The molecule has 256 valence electrons. The van der Waals surface area contributed by atoms with Crippen LogP contribution in [0.3, 0.4) is 0 Å². The van der Waals surface area contributed by atoms with E-state index in [2.05, 4.69) is 0 Å². The molecule has 49 heavy (non-hydrogen) atoms. The summed E-state index contributed by atoms with van der Waals surface area (Å²) in [6, 6.07) is 9.10. The van der Waals surface area contributed by atoms with E-state index in [1.54, 1.807) is 0 Å². The van der Waals surface area contributed by atoms with E-state index in [1.165, 1.54) is 24.3 Å². The quantitative estimate of drug-likeness (QED) is 0.150. The molecule has 4 aromatic rings. The Morgan fingerprint density at radius 2 is 0.510 bits per heavy atom. The summed E-state index contributed by atoms with van der Waals surface area (Å²) in [6.07, 6.45) is 0. The normalized spacial score (nSPS) is 9.63. The Bertz CT molecular complexity index is 1620. The predicted molar refractivity (Wildman–Crippen MR) is 171 cm³/mol. The Labute approximate surface area is 333 Å². The van der Waals surface area contributed by atoms with Gasteiger partial charge in [0.2, 0.25) is 0 Å². The maximum absolute atomic E-state index is 11.0. The van der Waals surface area contributed by atoms with Crippen LogP contribution >= 0.6 is 92.8 Å². The van der Waals surface area contributed by atoms with E-state index >= 15 is 0 Å². The van der Waals surface area contributed by atoms with E-state index in [1.807, 2.05) is 0 Å². The van der Waals surface area contributed by atoms with Gasteiger partial charge < -0.3 is 40.9 Å². The molecule has 4 rings (SSSR count). The van der Waals surface area contributed by atoms with Crippen LogP contribution in [0.25, 0.3) is 0 Å². The molecule has 0 amide bonds. The van der Waals surface area contributed by atoms with Crippen LogP contribution in [0.15, 0.2) is 48.5 Å². The second-order valence-corrected chi connectivity index (χ2v) is 11.7. The molecule has 0 saturated heterocycles. The minimum Gasteiger partial charge on any atom is -0.871 e. The molecule has 0 aliphatic rings.